The lowest BCUT2D eigenvalue weighted by atomic mass is 10.1. The first kappa shape index (κ1) is 20.5. The van der Waals surface area contributed by atoms with E-state index < -0.39 is 23.8 Å². The number of benzene rings is 1. The number of pyridine rings is 1. The number of nitrogens with zero attached hydrogens (tertiary/aromatic N) is 1. The van der Waals surface area contributed by atoms with Crippen molar-refractivity contribution in [2.24, 2.45) is 0 Å². The Bertz CT molecular complexity index is 776. The van der Waals surface area contributed by atoms with E-state index in [4.69, 9.17) is 9.47 Å². The quantitative estimate of drug-likeness (QED) is 0.560. The van der Waals surface area contributed by atoms with Gasteiger partial charge in [-0.25, -0.2) is 4.79 Å². The molecule has 0 saturated carbocycles. The highest BCUT2D eigenvalue weighted by atomic mass is 19.4. The summed E-state index contributed by atoms with van der Waals surface area (Å²) >= 11 is 0. The molecule has 0 fully saturated rings. The molecule has 1 aromatic carbocycles. The van der Waals surface area contributed by atoms with E-state index in [0.717, 1.165) is 25.1 Å². The van der Waals surface area contributed by atoms with Crippen LogP contribution in [0.3, 0.4) is 0 Å². The Kier molecular flexibility index (Phi) is 6.65. The molecule has 146 valence electrons. The average Bonchev–Trinajstić information content (AvgIpc) is 2.62. The molecule has 1 N–H and O–H groups in total. The van der Waals surface area contributed by atoms with Crippen LogP contribution >= 0.6 is 0 Å². The predicted molar refractivity (Wildman–Crippen MR) is 92.3 cm³/mol. The Morgan fingerprint density at radius 2 is 2.00 bits per heavy atom. The van der Waals surface area contributed by atoms with E-state index in [1.807, 2.05) is 6.92 Å². The highest BCUT2D eigenvalue weighted by molar-refractivity contribution is 5.75. The largest absolute Gasteiger partial charge is 0.504 e. The van der Waals surface area contributed by atoms with Crippen LogP contribution in [0.2, 0.25) is 0 Å². The molecule has 1 unspecified atom stereocenters. The molecule has 0 bridgehead atoms. The van der Waals surface area contributed by atoms with E-state index in [2.05, 4.69) is 4.98 Å². The van der Waals surface area contributed by atoms with Gasteiger partial charge in [-0.2, -0.15) is 13.2 Å². The zero-order valence-corrected chi connectivity index (χ0v) is 14.9. The number of esters is 1. The molecule has 0 radical (unpaired) electrons. The average molecular weight is 383 g/mol. The smallest absolute Gasteiger partial charge is 0.417 e. The van der Waals surface area contributed by atoms with E-state index in [0.29, 0.717) is 12.2 Å². The monoisotopic (exact) mass is 383 g/mol. The maximum Gasteiger partial charge on any atom is 0.417 e. The van der Waals surface area contributed by atoms with Crippen molar-refractivity contribution in [2.75, 3.05) is 6.61 Å². The summed E-state index contributed by atoms with van der Waals surface area (Å²) in [6, 6.07) is 6.38. The zero-order chi connectivity index (χ0) is 20.0. The Hall–Kier alpha value is -2.77. The third kappa shape index (κ3) is 5.60. The van der Waals surface area contributed by atoms with Gasteiger partial charge in [-0.3, -0.25) is 4.98 Å². The molecular formula is C19H20F3NO4. The third-order valence-electron chi connectivity index (χ3n) is 3.72. The van der Waals surface area contributed by atoms with Gasteiger partial charge < -0.3 is 14.6 Å². The van der Waals surface area contributed by atoms with E-state index in [9.17, 15) is 23.1 Å². The lowest BCUT2D eigenvalue weighted by molar-refractivity contribution is -0.151. The van der Waals surface area contributed by atoms with Crippen LogP contribution in [0.25, 0.3) is 11.3 Å². The number of phenolic OH excluding ortho intramolecular Hbond substituents is 1. The van der Waals surface area contributed by atoms with Crippen molar-refractivity contribution in [3.05, 3.63) is 42.1 Å². The maximum absolute atomic E-state index is 12.6. The summed E-state index contributed by atoms with van der Waals surface area (Å²) in [7, 11) is 0. The number of halogens is 3. The Morgan fingerprint density at radius 3 is 2.56 bits per heavy atom. The minimum absolute atomic E-state index is 0.0607. The second kappa shape index (κ2) is 8.75. The van der Waals surface area contributed by atoms with Gasteiger partial charge in [0.1, 0.15) is 0 Å². The third-order valence-corrected chi connectivity index (χ3v) is 3.72. The van der Waals surface area contributed by atoms with Crippen LogP contribution in [0.4, 0.5) is 13.2 Å². The molecule has 0 amide bonds. The number of aromatic hydroxyl groups is 1. The predicted octanol–water partition coefficient (Wildman–Crippen LogP) is 4.58. The molecule has 8 heteroatoms. The Balaban J connectivity index is 2.08. The molecule has 1 atom stereocenters. The summed E-state index contributed by atoms with van der Waals surface area (Å²) in [6.07, 6.45) is -3.01. The van der Waals surface area contributed by atoms with Crippen molar-refractivity contribution < 1.29 is 32.5 Å². The number of carbonyl (C=O) groups excluding carboxylic acids is 1. The summed E-state index contributed by atoms with van der Waals surface area (Å²) < 4.78 is 48.2. The molecule has 0 aliphatic rings. The summed E-state index contributed by atoms with van der Waals surface area (Å²) in [6.45, 7) is 3.77. The number of unbranched alkanes of at least 4 members (excludes halogenated alkanes) is 1. The zero-order valence-electron chi connectivity index (χ0n) is 14.9. The fraction of sp³-hybridized carbons (Fsp3) is 0.368. The molecule has 0 spiro atoms. The minimum Gasteiger partial charge on any atom is -0.504 e. The first-order chi connectivity index (χ1) is 12.7. The first-order valence-electron chi connectivity index (χ1n) is 8.42. The van der Waals surface area contributed by atoms with E-state index in [-0.39, 0.29) is 17.2 Å². The van der Waals surface area contributed by atoms with Crippen molar-refractivity contribution in [1.29, 1.82) is 0 Å². The van der Waals surface area contributed by atoms with Crippen LogP contribution in [0.1, 0.15) is 32.3 Å². The lowest BCUT2D eigenvalue weighted by Crippen LogP contribution is -2.26. The second-order valence-corrected chi connectivity index (χ2v) is 5.89. The van der Waals surface area contributed by atoms with Crippen molar-refractivity contribution in [3.8, 4) is 22.8 Å². The number of phenols is 1. The molecule has 1 heterocycles. The summed E-state index contributed by atoms with van der Waals surface area (Å²) in [5, 5.41) is 10.1. The van der Waals surface area contributed by atoms with Crippen LogP contribution in [0.5, 0.6) is 11.5 Å². The fourth-order valence-electron chi connectivity index (χ4n) is 2.18. The van der Waals surface area contributed by atoms with Crippen LogP contribution in [0.15, 0.2) is 36.5 Å². The Labute approximate surface area is 154 Å². The molecule has 2 rings (SSSR count). The topological polar surface area (TPSA) is 68.7 Å². The van der Waals surface area contributed by atoms with Gasteiger partial charge in [0.2, 0.25) is 0 Å². The van der Waals surface area contributed by atoms with Crippen LogP contribution in [-0.4, -0.2) is 28.8 Å². The summed E-state index contributed by atoms with van der Waals surface area (Å²) in [5.41, 5.74) is -0.186. The van der Waals surface area contributed by atoms with Crippen molar-refractivity contribution >= 4 is 5.97 Å². The maximum atomic E-state index is 12.6. The number of carbonyl (C=O) groups is 1. The highest BCUT2D eigenvalue weighted by Crippen LogP contribution is 2.33. The first-order valence-corrected chi connectivity index (χ1v) is 8.42. The van der Waals surface area contributed by atoms with Gasteiger partial charge >= 0.3 is 12.1 Å². The minimum atomic E-state index is -4.47. The lowest BCUT2D eigenvalue weighted by Gasteiger charge is -2.15. The molecule has 2 aromatic rings. The van der Waals surface area contributed by atoms with E-state index in [1.54, 1.807) is 0 Å². The molecule has 5 nitrogen and oxygen atoms in total. The van der Waals surface area contributed by atoms with Gasteiger partial charge in [0.05, 0.1) is 17.9 Å². The molecule has 0 saturated heterocycles. The van der Waals surface area contributed by atoms with E-state index >= 15 is 0 Å². The Morgan fingerprint density at radius 1 is 1.26 bits per heavy atom. The number of aromatic nitrogens is 1. The van der Waals surface area contributed by atoms with E-state index in [1.165, 1.54) is 31.2 Å². The van der Waals surface area contributed by atoms with Gasteiger partial charge in [-0.15, -0.1) is 0 Å². The highest BCUT2D eigenvalue weighted by Gasteiger charge is 2.30. The van der Waals surface area contributed by atoms with Gasteiger partial charge in [0, 0.05) is 11.8 Å². The number of alkyl halides is 3. The molecule has 27 heavy (non-hydrogen) atoms. The molecule has 1 aromatic heterocycles. The van der Waals surface area contributed by atoms with Crippen LogP contribution < -0.4 is 4.74 Å². The summed E-state index contributed by atoms with van der Waals surface area (Å²) in [5.74, 6) is -0.746. The number of hydrogen-bond acceptors (Lipinski definition) is 5. The molecule has 0 aliphatic carbocycles. The van der Waals surface area contributed by atoms with Crippen molar-refractivity contribution in [3.63, 3.8) is 0 Å². The van der Waals surface area contributed by atoms with Crippen LogP contribution in [0, 0.1) is 0 Å². The second-order valence-electron chi connectivity index (χ2n) is 5.89. The SMILES string of the molecule is CCCCOC(=O)C(C)Oc1ccc(-c2ccc(C(F)(F)F)cn2)cc1O. The van der Waals surface area contributed by atoms with Gasteiger partial charge in [-0.05, 0) is 43.7 Å². The molecule has 0 aliphatic heterocycles. The van der Waals surface area contributed by atoms with Crippen LogP contribution in [-0.2, 0) is 15.7 Å². The number of hydrogen-bond donors (Lipinski definition) is 1. The number of ether oxygens (including phenoxy) is 2. The fourth-order valence-corrected chi connectivity index (χ4v) is 2.18. The van der Waals surface area contributed by atoms with Crippen molar-refractivity contribution in [1.82, 2.24) is 4.98 Å². The molecular weight excluding hydrogens is 363 g/mol. The van der Waals surface area contributed by atoms with Gasteiger partial charge in [0.25, 0.3) is 0 Å². The van der Waals surface area contributed by atoms with Gasteiger partial charge in [-0.1, -0.05) is 13.3 Å². The number of rotatable bonds is 7. The normalized spacial score (nSPS) is 12.5. The van der Waals surface area contributed by atoms with Crippen molar-refractivity contribution in [2.45, 2.75) is 39.0 Å². The summed E-state index contributed by atoms with van der Waals surface area (Å²) in [4.78, 5) is 15.6. The van der Waals surface area contributed by atoms with Gasteiger partial charge in [0.15, 0.2) is 17.6 Å². The standard InChI is InChI=1S/C19H20F3NO4/c1-3-4-9-26-18(25)12(2)27-17-8-5-13(10-16(17)24)15-7-6-14(11-23-15)19(20,21)22/h5-8,10-12,24H,3-4,9H2,1-2H3.